The molecule has 5 nitrogen and oxygen atoms in total. The van der Waals surface area contributed by atoms with Crippen LogP contribution in [0.5, 0.6) is 0 Å². The van der Waals surface area contributed by atoms with E-state index in [1.54, 1.807) is 20.0 Å². The number of pyridine rings is 2. The fraction of sp³-hybridized carbons (Fsp3) is 0.125. The van der Waals surface area contributed by atoms with E-state index in [1.807, 2.05) is 54.9 Å². The van der Waals surface area contributed by atoms with Crippen LogP contribution in [-0.2, 0) is 5.60 Å². The summed E-state index contributed by atoms with van der Waals surface area (Å²) < 4.78 is 0. The van der Waals surface area contributed by atoms with Crippen LogP contribution in [0.25, 0.3) is 44.2 Å². The van der Waals surface area contributed by atoms with Crippen LogP contribution >= 0.6 is 0 Å². The van der Waals surface area contributed by atoms with Gasteiger partial charge in [-0.25, -0.2) is 0 Å². The molecule has 3 aromatic heterocycles. The van der Waals surface area contributed by atoms with Gasteiger partial charge in [-0.1, -0.05) is 36.4 Å². The van der Waals surface area contributed by atoms with E-state index in [-0.39, 0.29) is 0 Å². The molecule has 3 heterocycles. The zero-order valence-corrected chi connectivity index (χ0v) is 16.2. The van der Waals surface area contributed by atoms with Crippen LogP contribution in [0.15, 0.2) is 73.2 Å². The van der Waals surface area contributed by atoms with Gasteiger partial charge in [0.25, 0.3) is 0 Å². The zero-order chi connectivity index (χ0) is 20.0. The standard InChI is InChI=1S/C24H20N4O/c1-24(2,29)18-8-5-15(6-9-18)23-22-19-12-16(17-4-3-11-25-13-17)7-10-20(19)26-14-21(22)27-28-23/h3-14,29H,1-2H3,(H,27,28). The Labute approximate surface area is 168 Å². The van der Waals surface area contributed by atoms with Crippen LogP contribution in [0.1, 0.15) is 19.4 Å². The molecular formula is C24H20N4O. The molecule has 0 aliphatic carbocycles. The highest BCUT2D eigenvalue weighted by atomic mass is 16.3. The molecule has 0 aliphatic heterocycles. The summed E-state index contributed by atoms with van der Waals surface area (Å²) in [6.45, 7) is 3.57. The quantitative estimate of drug-likeness (QED) is 0.458. The third-order valence-corrected chi connectivity index (χ3v) is 5.25. The first-order valence-electron chi connectivity index (χ1n) is 9.51. The summed E-state index contributed by atoms with van der Waals surface area (Å²) in [6.07, 6.45) is 5.46. The predicted octanol–water partition coefficient (Wildman–Crippen LogP) is 5.07. The van der Waals surface area contributed by atoms with Gasteiger partial charge in [0.05, 0.1) is 22.8 Å². The van der Waals surface area contributed by atoms with Crippen LogP contribution in [0.3, 0.4) is 0 Å². The molecule has 0 unspecified atom stereocenters. The van der Waals surface area contributed by atoms with E-state index in [0.29, 0.717) is 0 Å². The summed E-state index contributed by atoms with van der Waals surface area (Å²) in [5.41, 5.74) is 5.81. The lowest BCUT2D eigenvalue weighted by Crippen LogP contribution is -2.14. The van der Waals surface area contributed by atoms with Gasteiger partial charge >= 0.3 is 0 Å². The van der Waals surface area contributed by atoms with Gasteiger partial charge in [-0.3, -0.25) is 15.1 Å². The van der Waals surface area contributed by atoms with Crippen molar-refractivity contribution in [2.45, 2.75) is 19.4 Å². The zero-order valence-electron chi connectivity index (χ0n) is 16.2. The van der Waals surface area contributed by atoms with Gasteiger partial charge in [-0.05, 0) is 43.2 Å². The maximum Gasteiger partial charge on any atom is 0.101 e. The molecule has 0 amide bonds. The molecule has 0 radical (unpaired) electrons. The third-order valence-electron chi connectivity index (χ3n) is 5.25. The largest absolute Gasteiger partial charge is 0.386 e. The number of hydrogen-bond donors (Lipinski definition) is 2. The van der Waals surface area contributed by atoms with Crippen molar-refractivity contribution in [3.05, 3.63) is 78.8 Å². The molecular weight excluding hydrogens is 360 g/mol. The lowest BCUT2D eigenvalue weighted by atomic mass is 9.95. The van der Waals surface area contributed by atoms with Crippen LogP contribution in [0, 0.1) is 0 Å². The highest BCUT2D eigenvalue weighted by Crippen LogP contribution is 2.34. The number of benzene rings is 2. The first-order chi connectivity index (χ1) is 14.0. The summed E-state index contributed by atoms with van der Waals surface area (Å²) in [7, 11) is 0. The fourth-order valence-corrected chi connectivity index (χ4v) is 3.66. The molecule has 0 aliphatic rings. The monoisotopic (exact) mass is 380 g/mol. The minimum atomic E-state index is -0.874. The van der Waals surface area contributed by atoms with Crippen LogP contribution in [0.4, 0.5) is 0 Å². The first-order valence-corrected chi connectivity index (χ1v) is 9.51. The number of H-pyrrole nitrogens is 1. The van der Waals surface area contributed by atoms with Crippen molar-refractivity contribution in [1.29, 1.82) is 0 Å². The number of nitrogens with zero attached hydrogens (tertiary/aromatic N) is 3. The molecule has 0 atom stereocenters. The molecule has 5 aromatic rings. The second-order valence-corrected chi connectivity index (χ2v) is 7.73. The fourth-order valence-electron chi connectivity index (χ4n) is 3.66. The number of aliphatic hydroxyl groups is 1. The first kappa shape index (κ1) is 17.5. The van der Waals surface area contributed by atoms with E-state index in [1.165, 1.54) is 0 Å². The van der Waals surface area contributed by atoms with Gasteiger partial charge in [-0.2, -0.15) is 5.10 Å². The molecule has 0 saturated heterocycles. The van der Waals surface area contributed by atoms with Crippen molar-refractivity contribution in [3.8, 4) is 22.4 Å². The number of hydrogen-bond acceptors (Lipinski definition) is 4. The highest BCUT2D eigenvalue weighted by molar-refractivity contribution is 6.11. The van der Waals surface area contributed by atoms with Crippen molar-refractivity contribution < 1.29 is 5.11 Å². The number of aromatic nitrogens is 4. The van der Waals surface area contributed by atoms with Crippen molar-refractivity contribution in [1.82, 2.24) is 20.2 Å². The van der Waals surface area contributed by atoms with Gasteiger partial charge in [0, 0.05) is 34.3 Å². The Hall–Kier alpha value is -3.57. The smallest absolute Gasteiger partial charge is 0.101 e. The third kappa shape index (κ3) is 3.05. The number of aromatic amines is 1. The maximum absolute atomic E-state index is 10.2. The van der Waals surface area contributed by atoms with Gasteiger partial charge in [0.1, 0.15) is 5.69 Å². The lowest BCUT2D eigenvalue weighted by molar-refractivity contribution is 0.0786. The lowest BCUT2D eigenvalue weighted by Gasteiger charge is -2.17. The van der Waals surface area contributed by atoms with Crippen molar-refractivity contribution >= 4 is 21.8 Å². The Morgan fingerprint density at radius 3 is 2.41 bits per heavy atom. The van der Waals surface area contributed by atoms with E-state index >= 15 is 0 Å². The minimum Gasteiger partial charge on any atom is -0.386 e. The van der Waals surface area contributed by atoms with Crippen molar-refractivity contribution in [2.75, 3.05) is 0 Å². The summed E-state index contributed by atoms with van der Waals surface area (Å²) >= 11 is 0. The van der Waals surface area contributed by atoms with E-state index < -0.39 is 5.60 Å². The SMILES string of the molecule is CC(C)(O)c1ccc(-c2n[nH]c3cnc4ccc(-c5cccnc5)cc4c23)cc1. The molecule has 0 fully saturated rings. The Bertz CT molecular complexity index is 1320. The average molecular weight is 380 g/mol. The molecule has 0 saturated carbocycles. The van der Waals surface area contributed by atoms with Crippen molar-refractivity contribution in [2.24, 2.45) is 0 Å². The normalized spacial score (nSPS) is 12.0. The molecule has 0 bridgehead atoms. The summed E-state index contributed by atoms with van der Waals surface area (Å²) in [5.74, 6) is 0. The molecule has 142 valence electrons. The second-order valence-electron chi connectivity index (χ2n) is 7.73. The van der Waals surface area contributed by atoms with E-state index in [0.717, 1.165) is 49.8 Å². The molecule has 5 heteroatoms. The second kappa shape index (κ2) is 6.50. The van der Waals surface area contributed by atoms with Crippen molar-refractivity contribution in [3.63, 3.8) is 0 Å². The van der Waals surface area contributed by atoms with Crippen LogP contribution < -0.4 is 0 Å². The Kier molecular flexibility index (Phi) is 3.93. The molecule has 5 rings (SSSR count). The van der Waals surface area contributed by atoms with E-state index in [4.69, 9.17) is 0 Å². The number of fused-ring (bicyclic) bond motifs is 3. The summed E-state index contributed by atoms with van der Waals surface area (Å²) in [5, 5.41) is 20.0. The topological polar surface area (TPSA) is 74.7 Å². The molecule has 29 heavy (non-hydrogen) atoms. The molecule has 2 aromatic carbocycles. The predicted molar refractivity (Wildman–Crippen MR) is 115 cm³/mol. The molecule has 0 spiro atoms. The van der Waals surface area contributed by atoms with Gasteiger partial charge in [0.2, 0.25) is 0 Å². The Balaban J connectivity index is 1.72. The van der Waals surface area contributed by atoms with Gasteiger partial charge in [0.15, 0.2) is 0 Å². The summed E-state index contributed by atoms with van der Waals surface area (Å²) in [4.78, 5) is 8.81. The maximum atomic E-state index is 10.2. The van der Waals surface area contributed by atoms with Crippen LogP contribution in [-0.4, -0.2) is 25.3 Å². The minimum absolute atomic E-state index is 0.867. The average Bonchev–Trinajstić information content (AvgIpc) is 3.18. The van der Waals surface area contributed by atoms with E-state index in [9.17, 15) is 5.11 Å². The Morgan fingerprint density at radius 2 is 1.69 bits per heavy atom. The van der Waals surface area contributed by atoms with E-state index in [2.05, 4.69) is 32.3 Å². The summed E-state index contributed by atoms with van der Waals surface area (Å²) in [6, 6.07) is 18.1. The van der Waals surface area contributed by atoms with Crippen LogP contribution in [0.2, 0.25) is 0 Å². The molecule has 2 N–H and O–H groups in total. The Morgan fingerprint density at radius 1 is 0.897 bits per heavy atom. The van der Waals surface area contributed by atoms with Gasteiger partial charge in [-0.15, -0.1) is 0 Å². The highest BCUT2D eigenvalue weighted by Gasteiger charge is 2.17. The number of nitrogens with one attached hydrogen (secondary N) is 1. The van der Waals surface area contributed by atoms with Gasteiger partial charge < -0.3 is 5.11 Å². The number of rotatable bonds is 3.